The summed E-state index contributed by atoms with van der Waals surface area (Å²) in [5, 5.41) is 7.71. The smallest absolute Gasteiger partial charge is 0.316 e. The molecule has 0 aliphatic carbocycles. The molecule has 0 saturated carbocycles. The van der Waals surface area contributed by atoms with E-state index >= 15 is 0 Å². The van der Waals surface area contributed by atoms with E-state index in [1.165, 1.54) is 0 Å². The third-order valence-electron chi connectivity index (χ3n) is 0.414. The molecule has 11 heavy (non-hydrogen) atoms. The highest BCUT2D eigenvalue weighted by Gasteiger charge is 1.92. The van der Waals surface area contributed by atoms with Gasteiger partial charge in [-0.1, -0.05) is 15.9 Å². The summed E-state index contributed by atoms with van der Waals surface area (Å²) in [7, 11) is 0. The summed E-state index contributed by atoms with van der Waals surface area (Å²) in [6.45, 7) is 3.32. The fraction of sp³-hybridized carbons (Fsp3) is 0.667. The highest BCUT2D eigenvalue weighted by molar-refractivity contribution is 9.09. The highest BCUT2D eigenvalue weighted by Crippen LogP contribution is 1.82. The molecular formula is C6H11BrO4. The zero-order valence-corrected chi connectivity index (χ0v) is 8.05. The minimum atomic E-state index is -0.833. The van der Waals surface area contributed by atoms with Crippen molar-refractivity contribution in [1.82, 2.24) is 0 Å². The van der Waals surface area contributed by atoms with Crippen molar-refractivity contribution >= 4 is 27.9 Å². The van der Waals surface area contributed by atoms with E-state index in [1.54, 1.807) is 6.92 Å². The molecule has 0 rings (SSSR count). The first-order valence-corrected chi connectivity index (χ1v) is 4.07. The molecule has 0 aromatic carbocycles. The Morgan fingerprint density at radius 2 is 1.91 bits per heavy atom. The monoisotopic (exact) mass is 226 g/mol. The van der Waals surface area contributed by atoms with Crippen molar-refractivity contribution < 1.29 is 19.4 Å². The van der Waals surface area contributed by atoms with Gasteiger partial charge in [0.2, 0.25) is 0 Å². The molecule has 0 bridgehead atoms. The molecular weight excluding hydrogens is 216 g/mol. The van der Waals surface area contributed by atoms with Crippen LogP contribution in [0.2, 0.25) is 0 Å². The summed E-state index contributed by atoms with van der Waals surface area (Å²) < 4.78 is 4.51. The van der Waals surface area contributed by atoms with Gasteiger partial charge in [-0.05, 0) is 6.92 Å². The molecule has 0 heterocycles. The second-order valence-electron chi connectivity index (χ2n) is 1.46. The van der Waals surface area contributed by atoms with Crippen LogP contribution in [0.1, 0.15) is 13.8 Å². The number of esters is 1. The van der Waals surface area contributed by atoms with Gasteiger partial charge in [-0.25, -0.2) is 0 Å². The number of alkyl halides is 1. The summed E-state index contributed by atoms with van der Waals surface area (Å²) in [5.74, 6) is -1.04. The van der Waals surface area contributed by atoms with Gasteiger partial charge in [0.25, 0.3) is 5.97 Å². The van der Waals surface area contributed by atoms with Gasteiger partial charge in [0.15, 0.2) is 0 Å². The molecule has 0 amide bonds. The number of rotatable bonds is 2. The molecule has 0 aromatic rings. The number of carbonyl (C=O) groups excluding carboxylic acids is 1. The Morgan fingerprint density at radius 3 is 2.00 bits per heavy atom. The van der Waals surface area contributed by atoms with Crippen molar-refractivity contribution in [2.24, 2.45) is 0 Å². The van der Waals surface area contributed by atoms with E-state index in [0.717, 1.165) is 6.92 Å². The maximum atomic E-state index is 10.1. The normalized spacial score (nSPS) is 7.55. The topological polar surface area (TPSA) is 63.6 Å². The summed E-state index contributed by atoms with van der Waals surface area (Å²) in [5.41, 5.74) is 0. The van der Waals surface area contributed by atoms with E-state index in [4.69, 9.17) is 9.90 Å². The van der Waals surface area contributed by atoms with E-state index in [0.29, 0.717) is 11.9 Å². The number of carbonyl (C=O) groups is 2. The molecule has 66 valence electrons. The Morgan fingerprint density at radius 1 is 1.55 bits per heavy atom. The highest BCUT2D eigenvalue weighted by atomic mass is 79.9. The fourth-order valence-electron chi connectivity index (χ4n) is 0.200. The zero-order chi connectivity index (χ0) is 9.28. The summed E-state index contributed by atoms with van der Waals surface area (Å²) in [6.07, 6.45) is 0. The first-order chi connectivity index (χ1) is 5.04. The zero-order valence-electron chi connectivity index (χ0n) is 6.46. The lowest BCUT2D eigenvalue weighted by Crippen LogP contribution is -2.03. The van der Waals surface area contributed by atoms with Crippen LogP contribution in [-0.4, -0.2) is 29.0 Å². The van der Waals surface area contributed by atoms with E-state index in [-0.39, 0.29) is 5.97 Å². The summed E-state index contributed by atoms with van der Waals surface area (Å²) >= 11 is 2.94. The maximum absolute atomic E-state index is 10.1. The molecule has 0 saturated heterocycles. The van der Waals surface area contributed by atoms with Crippen LogP contribution >= 0.6 is 15.9 Å². The third-order valence-corrected chi connectivity index (χ3v) is 0.872. The van der Waals surface area contributed by atoms with E-state index in [1.807, 2.05) is 0 Å². The maximum Gasteiger partial charge on any atom is 0.316 e. The summed E-state index contributed by atoms with van der Waals surface area (Å²) in [4.78, 5) is 19.1. The van der Waals surface area contributed by atoms with Crippen molar-refractivity contribution in [3.63, 3.8) is 0 Å². The van der Waals surface area contributed by atoms with Gasteiger partial charge in [0, 0.05) is 6.92 Å². The van der Waals surface area contributed by atoms with Crippen molar-refractivity contribution in [1.29, 1.82) is 0 Å². The number of ether oxygens (including phenoxy) is 1. The molecule has 0 aromatic heterocycles. The molecule has 4 nitrogen and oxygen atoms in total. The van der Waals surface area contributed by atoms with Crippen LogP contribution in [0.25, 0.3) is 0 Å². The first kappa shape index (κ1) is 13.0. The Kier molecular flexibility index (Phi) is 11.2. The van der Waals surface area contributed by atoms with Gasteiger partial charge < -0.3 is 9.84 Å². The van der Waals surface area contributed by atoms with Crippen molar-refractivity contribution in [3.05, 3.63) is 0 Å². The SMILES string of the molecule is CC(=O)O.CCOC(=O)CBr. The quantitative estimate of drug-likeness (QED) is 0.565. The van der Waals surface area contributed by atoms with Gasteiger partial charge in [0.05, 0.1) is 6.61 Å². The molecule has 0 aliphatic rings. The van der Waals surface area contributed by atoms with Gasteiger partial charge >= 0.3 is 5.97 Å². The molecule has 0 aliphatic heterocycles. The lowest BCUT2D eigenvalue weighted by Gasteiger charge is -1.92. The second-order valence-corrected chi connectivity index (χ2v) is 2.02. The molecule has 0 unspecified atom stereocenters. The van der Waals surface area contributed by atoms with E-state index in [9.17, 15) is 4.79 Å². The number of aliphatic carboxylic acids is 1. The van der Waals surface area contributed by atoms with Crippen LogP contribution in [-0.2, 0) is 14.3 Å². The van der Waals surface area contributed by atoms with Crippen LogP contribution in [0.4, 0.5) is 0 Å². The van der Waals surface area contributed by atoms with Crippen LogP contribution in [0, 0.1) is 0 Å². The van der Waals surface area contributed by atoms with Gasteiger partial charge in [-0.2, -0.15) is 0 Å². The average molecular weight is 227 g/mol. The Hall–Kier alpha value is -0.580. The van der Waals surface area contributed by atoms with E-state index < -0.39 is 5.97 Å². The largest absolute Gasteiger partial charge is 0.481 e. The van der Waals surface area contributed by atoms with Crippen LogP contribution in [0.5, 0.6) is 0 Å². The van der Waals surface area contributed by atoms with Gasteiger partial charge in [0.1, 0.15) is 5.33 Å². The molecule has 0 fully saturated rings. The standard InChI is InChI=1S/C4H7BrO2.C2H4O2/c1-2-7-4(6)3-5;1-2(3)4/h2-3H2,1H3;1H3,(H,3,4). The Labute approximate surface area is 73.7 Å². The molecule has 0 atom stereocenters. The molecule has 5 heteroatoms. The number of carboxylic acids is 1. The van der Waals surface area contributed by atoms with E-state index in [2.05, 4.69) is 20.7 Å². The molecule has 0 radical (unpaired) electrons. The predicted molar refractivity (Wildman–Crippen MR) is 43.7 cm³/mol. The van der Waals surface area contributed by atoms with Gasteiger partial charge in [-0.3, -0.25) is 9.59 Å². The van der Waals surface area contributed by atoms with Crippen molar-refractivity contribution in [2.75, 3.05) is 11.9 Å². The minimum Gasteiger partial charge on any atom is -0.481 e. The second kappa shape index (κ2) is 9.42. The molecule has 0 spiro atoms. The first-order valence-electron chi connectivity index (χ1n) is 2.95. The lowest BCUT2D eigenvalue weighted by molar-refractivity contribution is -0.139. The molecule has 1 N–H and O–H groups in total. The van der Waals surface area contributed by atoms with Crippen molar-refractivity contribution in [3.8, 4) is 0 Å². The predicted octanol–water partition coefficient (Wildman–Crippen LogP) is 1.04. The van der Waals surface area contributed by atoms with Gasteiger partial charge in [-0.15, -0.1) is 0 Å². The Balaban J connectivity index is 0. The number of halogens is 1. The summed E-state index contributed by atoms with van der Waals surface area (Å²) in [6, 6.07) is 0. The third kappa shape index (κ3) is 26.5. The number of carboxylic acid groups (broad SMARTS) is 1. The number of hydrogen-bond donors (Lipinski definition) is 1. The van der Waals surface area contributed by atoms with Crippen LogP contribution < -0.4 is 0 Å². The Bertz CT molecular complexity index is 120. The average Bonchev–Trinajstić information content (AvgIpc) is 1.87. The lowest BCUT2D eigenvalue weighted by atomic mass is 10.8. The van der Waals surface area contributed by atoms with Crippen molar-refractivity contribution in [2.45, 2.75) is 13.8 Å². The number of hydrogen-bond acceptors (Lipinski definition) is 3. The van der Waals surface area contributed by atoms with Crippen LogP contribution in [0.3, 0.4) is 0 Å². The van der Waals surface area contributed by atoms with Crippen LogP contribution in [0.15, 0.2) is 0 Å². The fourth-order valence-corrected chi connectivity index (χ4v) is 0.361. The minimum absolute atomic E-state index is 0.206.